The average molecular weight is 196 g/mol. The molecule has 2 nitrogen and oxygen atoms in total. The topological polar surface area (TPSA) is 29.3 Å². The van der Waals surface area contributed by atoms with E-state index in [0.717, 1.165) is 30.5 Å². The smallest absolute Gasteiger partial charge is 0.0101 e. The highest BCUT2D eigenvalue weighted by atomic mass is 15.2. The van der Waals surface area contributed by atoms with Gasteiger partial charge in [-0.3, -0.25) is 4.90 Å². The molecular formula is C12H24N2. The average Bonchev–Trinajstić information content (AvgIpc) is 2.19. The molecule has 3 atom stereocenters. The van der Waals surface area contributed by atoms with E-state index in [0.29, 0.717) is 0 Å². The second-order valence-electron chi connectivity index (χ2n) is 5.35. The lowest BCUT2D eigenvalue weighted by molar-refractivity contribution is -0.0156. The molecular weight excluding hydrogens is 172 g/mol. The fraction of sp³-hybridized carbons (Fsp3) is 1.00. The summed E-state index contributed by atoms with van der Waals surface area (Å²) in [5.41, 5.74) is 5.67. The van der Waals surface area contributed by atoms with E-state index in [-0.39, 0.29) is 0 Å². The molecule has 3 rings (SSSR count). The van der Waals surface area contributed by atoms with E-state index in [2.05, 4.69) is 18.7 Å². The highest BCUT2D eigenvalue weighted by Crippen LogP contribution is 2.41. The molecule has 0 radical (unpaired) electrons. The van der Waals surface area contributed by atoms with Crippen molar-refractivity contribution in [2.45, 2.75) is 51.6 Å². The van der Waals surface area contributed by atoms with Gasteiger partial charge < -0.3 is 5.73 Å². The summed E-state index contributed by atoms with van der Waals surface area (Å²) < 4.78 is 0. The van der Waals surface area contributed by atoms with Crippen LogP contribution in [-0.4, -0.2) is 30.1 Å². The number of piperidine rings is 2. The van der Waals surface area contributed by atoms with Crippen LogP contribution in [0.2, 0.25) is 0 Å². The normalized spacial score (nSPS) is 38.1. The molecule has 3 aliphatic rings. The zero-order valence-corrected chi connectivity index (χ0v) is 9.58. The van der Waals surface area contributed by atoms with Crippen LogP contribution >= 0.6 is 0 Å². The zero-order chi connectivity index (χ0) is 10.1. The minimum atomic E-state index is 0.738. The Kier molecular flexibility index (Phi) is 3.13. The summed E-state index contributed by atoms with van der Waals surface area (Å²) in [7, 11) is 0. The van der Waals surface area contributed by atoms with Gasteiger partial charge in [0.1, 0.15) is 0 Å². The third-order valence-electron chi connectivity index (χ3n) is 4.23. The Balaban J connectivity index is 1.97. The first-order valence-corrected chi connectivity index (χ1v) is 6.18. The van der Waals surface area contributed by atoms with Crippen LogP contribution in [0.3, 0.4) is 0 Å². The van der Waals surface area contributed by atoms with Gasteiger partial charge in [0.2, 0.25) is 0 Å². The molecule has 2 heteroatoms. The van der Waals surface area contributed by atoms with Crippen LogP contribution in [0.15, 0.2) is 0 Å². The summed E-state index contributed by atoms with van der Waals surface area (Å²) in [6.07, 6.45) is 5.57. The number of hydrogen-bond acceptors (Lipinski definition) is 2. The SMILES string of the molecule is CC(C)N1CC2CCC1CC2CCN. The second-order valence-corrected chi connectivity index (χ2v) is 5.35. The Morgan fingerprint density at radius 3 is 2.64 bits per heavy atom. The van der Waals surface area contributed by atoms with Crippen LogP contribution in [-0.2, 0) is 0 Å². The highest BCUT2D eigenvalue weighted by molar-refractivity contribution is 4.94. The molecule has 1 saturated carbocycles. The molecule has 2 N–H and O–H groups in total. The predicted molar refractivity (Wildman–Crippen MR) is 60.1 cm³/mol. The van der Waals surface area contributed by atoms with Crippen molar-refractivity contribution in [3.63, 3.8) is 0 Å². The maximum Gasteiger partial charge on any atom is 0.0101 e. The third-order valence-corrected chi connectivity index (χ3v) is 4.23. The molecule has 0 aromatic heterocycles. The van der Waals surface area contributed by atoms with Crippen LogP contribution in [0, 0.1) is 11.8 Å². The number of rotatable bonds is 3. The Bertz CT molecular complexity index is 191. The summed E-state index contributed by atoms with van der Waals surface area (Å²) in [5.74, 6) is 1.89. The largest absolute Gasteiger partial charge is 0.330 e. The second kappa shape index (κ2) is 4.19. The lowest BCUT2D eigenvalue weighted by atomic mass is 9.70. The number of fused-ring (bicyclic) bond motifs is 3. The van der Waals surface area contributed by atoms with Crippen molar-refractivity contribution < 1.29 is 0 Å². The van der Waals surface area contributed by atoms with Crippen LogP contribution in [0.5, 0.6) is 0 Å². The van der Waals surface area contributed by atoms with Gasteiger partial charge in [0.15, 0.2) is 0 Å². The molecule has 82 valence electrons. The Labute approximate surface area is 87.8 Å². The van der Waals surface area contributed by atoms with Gasteiger partial charge in [-0.1, -0.05) is 0 Å². The lowest BCUT2D eigenvalue weighted by Gasteiger charge is -2.51. The Morgan fingerprint density at radius 1 is 1.36 bits per heavy atom. The summed E-state index contributed by atoms with van der Waals surface area (Å²) >= 11 is 0. The fourth-order valence-electron chi connectivity index (χ4n) is 3.46. The van der Waals surface area contributed by atoms with E-state index in [4.69, 9.17) is 5.73 Å². The summed E-state index contributed by atoms with van der Waals surface area (Å²) in [6.45, 7) is 6.89. The molecule has 3 unspecified atom stereocenters. The Hall–Kier alpha value is -0.0800. The minimum absolute atomic E-state index is 0.738. The Morgan fingerprint density at radius 2 is 2.14 bits per heavy atom. The van der Waals surface area contributed by atoms with Crippen LogP contribution in [0.25, 0.3) is 0 Å². The highest BCUT2D eigenvalue weighted by Gasteiger charge is 2.40. The van der Waals surface area contributed by atoms with E-state index in [1.807, 2.05) is 0 Å². The molecule has 2 bridgehead atoms. The number of nitrogens with two attached hydrogens (primary N) is 1. The van der Waals surface area contributed by atoms with Crippen molar-refractivity contribution in [3.05, 3.63) is 0 Å². The van der Waals surface area contributed by atoms with Gasteiger partial charge in [-0.25, -0.2) is 0 Å². The first-order chi connectivity index (χ1) is 6.72. The van der Waals surface area contributed by atoms with Crippen LogP contribution < -0.4 is 5.73 Å². The first-order valence-electron chi connectivity index (χ1n) is 6.18. The molecule has 2 saturated heterocycles. The molecule has 3 fully saturated rings. The maximum absolute atomic E-state index is 5.67. The molecule has 14 heavy (non-hydrogen) atoms. The number of nitrogens with zero attached hydrogens (tertiary/aromatic N) is 1. The first kappa shape index (κ1) is 10.4. The van der Waals surface area contributed by atoms with Crippen molar-refractivity contribution >= 4 is 0 Å². The van der Waals surface area contributed by atoms with E-state index in [1.165, 1.54) is 32.2 Å². The molecule has 2 aliphatic heterocycles. The van der Waals surface area contributed by atoms with Crippen molar-refractivity contribution in [2.75, 3.05) is 13.1 Å². The van der Waals surface area contributed by atoms with Crippen molar-refractivity contribution in [1.29, 1.82) is 0 Å². The van der Waals surface area contributed by atoms with Gasteiger partial charge in [-0.05, 0) is 57.9 Å². The third kappa shape index (κ3) is 1.82. The molecule has 1 aliphatic carbocycles. The molecule has 2 heterocycles. The van der Waals surface area contributed by atoms with E-state index >= 15 is 0 Å². The van der Waals surface area contributed by atoms with Gasteiger partial charge in [-0.2, -0.15) is 0 Å². The van der Waals surface area contributed by atoms with E-state index in [1.54, 1.807) is 0 Å². The van der Waals surface area contributed by atoms with Gasteiger partial charge >= 0.3 is 0 Å². The fourth-order valence-corrected chi connectivity index (χ4v) is 3.46. The van der Waals surface area contributed by atoms with Gasteiger partial charge in [0.25, 0.3) is 0 Å². The lowest BCUT2D eigenvalue weighted by Crippen LogP contribution is -2.54. The maximum atomic E-state index is 5.67. The van der Waals surface area contributed by atoms with E-state index in [9.17, 15) is 0 Å². The summed E-state index contributed by atoms with van der Waals surface area (Å²) in [6, 6.07) is 1.61. The predicted octanol–water partition coefficient (Wildman–Crippen LogP) is 1.84. The van der Waals surface area contributed by atoms with Crippen molar-refractivity contribution in [1.82, 2.24) is 4.90 Å². The molecule has 0 aromatic rings. The summed E-state index contributed by atoms with van der Waals surface area (Å²) in [4.78, 5) is 2.71. The van der Waals surface area contributed by atoms with Gasteiger partial charge in [0, 0.05) is 18.6 Å². The van der Waals surface area contributed by atoms with Gasteiger partial charge in [0.05, 0.1) is 0 Å². The number of hydrogen-bond donors (Lipinski definition) is 1. The molecule has 0 aromatic carbocycles. The van der Waals surface area contributed by atoms with Crippen molar-refractivity contribution in [3.8, 4) is 0 Å². The molecule has 0 amide bonds. The standard InChI is InChI=1S/C12H24N2/c1-9(2)14-8-11-3-4-12(14)7-10(11)5-6-13/h9-12H,3-8,13H2,1-2H3. The minimum Gasteiger partial charge on any atom is -0.330 e. The quantitative estimate of drug-likeness (QED) is 0.746. The monoisotopic (exact) mass is 196 g/mol. The van der Waals surface area contributed by atoms with Crippen LogP contribution in [0.1, 0.15) is 39.5 Å². The van der Waals surface area contributed by atoms with Crippen molar-refractivity contribution in [2.24, 2.45) is 17.6 Å². The summed E-state index contributed by atoms with van der Waals surface area (Å²) in [5, 5.41) is 0. The zero-order valence-electron chi connectivity index (χ0n) is 9.58. The van der Waals surface area contributed by atoms with Crippen LogP contribution in [0.4, 0.5) is 0 Å². The molecule has 0 spiro atoms. The van der Waals surface area contributed by atoms with E-state index < -0.39 is 0 Å². The van der Waals surface area contributed by atoms with Gasteiger partial charge in [-0.15, -0.1) is 0 Å².